The Labute approximate surface area is 276 Å². The average Bonchev–Trinajstić information content (AvgIpc) is 3.03. The van der Waals surface area contributed by atoms with E-state index < -0.39 is 5.91 Å². The van der Waals surface area contributed by atoms with Gasteiger partial charge in [0.25, 0.3) is 5.91 Å². The third-order valence-electron chi connectivity index (χ3n) is 6.78. The van der Waals surface area contributed by atoms with Crippen LogP contribution in [0.3, 0.4) is 0 Å². The van der Waals surface area contributed by atoms with Gasteiger partial charge in [0.05, 0.1) is 11.6 Å². The number of nitrogens with zero attached hydrogens (tertiary/aromatic N) is 1. The number of anilines is 1. The highest BCUT2D eigenvalue weighted by Gasteiger charge is 2.16. The maximum atomic E-state index is 13.0. The summed E-state index contributed by atoms with van der Waals surface area (Å²) in [6, 6.07) is 31.4. The Kier molecular flexibility index (Phi) is 10.5. The Bertz CT molecular complexity index is 1910. The summed E-state index contributed by atoms with van der Waals surface area (Å²) in [4.78, 5) is 13.0. The summed E-state index contributed by atoms with van der Waals surface area (Å²) in [7, 11) is 0. The van der Waals surface area contributed by atoms with E-state index in [1.165, 1.54) is 6.08 Å². The number of rotatable bonds is 11. The molecule has 6 nitrogen and oxygen atoms in total. The van der Waals surface area contributed by atoms with E-state index in [1.807, 2.05) is 55.5 Å². The molecule has 1 N–H and O–H groups in total. The van der Waals surface area contributed by atoms with Gasteiger partial charge in [-0.3, -0.25) is 4.79 Å². The first-order valence-electron chi connectivity index (χ1n) is 14.0. The van der Waals surface area contributed by atoms with Crippen LogP contribution in [-0.4, -0.2) is 12.5 Å². The summed E-state index contributed by atoms with van der Waals surface area (Å²) < 4.78 is 17.8. The second-order valence-electron chi connectivity index (χ2n) is 9.86. The molecular weight excluding hydrogens is 631 g/mol. The molecule has 1 amide bonds. The van der Waals surface area contributed by atoms with Crippen LogP contribution in [0.5, 0.6) is 17.2 Å². The van der Waals surface area contributed by atoms with Crippen molar-refractivity contribution in [3.63, 3.8) is 0 Å². The van der Waals surface area contributed by atoms with Crippen molar-refractivity contribution in [1.29, 1.82) is 5.26 Å². The molecular formula is C36H27Cl3N2O4. The SMILES string of the molecule is CCOc1cc(/C=C(\C#N)C(=O)Nc2ccc(OCc3ccc(Cl)cc3Cl)cc2)cc(Cl)c1OCc1cccc2ccccc12. The lowest BCUT2D eigenvalue weighted by atomic mass is 10.1. The van der Waals surface area contributed by atoms with E-state index in [1.54, 1.807) is 54.6 Å². The Morgan fingerprint density at radius 1 is 0.822 bits per heavy atom. The normalized spacial score (nSPS) is 11.1. The number of hydrogen-bond donors (Lipinski definition) is 1. The van der Waals surface area contributed by atoms with E-state index in [0.717, 1.165) is 21.9 Å². The number of nitriles is 1. The molecule has 0 bridgehead atoms. The summed E-state index contributed by atoms with van der Waals surface area (Å²) in [5.41, 5.74) is 2.68. The average molecular weight is 658 g/mol. The Hall–Kier alpha value is -4.67. The smallest absolute Gasteiger partial charge is 0.266 e. The minimum Gasteiger partial charge on any atom is -0.490 e. The van der Waals surface area contributed by atoms with Gasteiger partial charge in [-0.05, 0) is 83.4 Å². The van der Waals surface area contributed by atoms with Crippen LogP contribution in [0.2, 0.25) is 15.1 Å². The standard InChI is InChI=1S/C36H27Cl3N2O4/c1-2-43-34-18-23(17-33(39)35(34)45-21-25-8-5-7-24-6-3-4-9-31(24)25)16-27(20-40)36(42)41-29-12-14-30(15-13-29)44-22-26-10-11-28(37)19-32(26)38/h3-19H,2,21-22H2,1H3,(H,41,42)/b27-16+. The maximum absolute atomic E-state index is 13.0. The van der Waals surface area contributed by atoms with Crippen LogP contribution in [-0.2, 0) is 18.0 Å². The minimum atomic E-state index is -0.579. The second kappa shape index (κ2) is 14.9. The van der Waals surface area contributed by atoms with Gasteiger partial charge in [-0.25, -0.2) is 0 Å². The van der Waals surface area contributed by atoms with Gasteiger partial charge in [-0.2, -0.15) is 5.26 Å². The van der Waals surface area contributed by atoms with Gasteiger partial charge in [-0.15, -0.1) is 0 Å². The summed E-state index contributed by atoms with van der Waals surface area (Å²) in [6.45, 7) is 2.75. The Morgan fingerprint density at radius 3 is 2.33 bits per heavy atom. The molecule has 0 saturated carbocycles. The van der Waals surface area contributed by atoms with Gasteiger partial charge in [0, 0.05) is 21.3 Å². The first-order chi connectivity index (χ1) is 21.8. The largest absolute Gasteiger partial charge is 0.490 e. The molecule has 0 spiro atoms. The van der Waals surface area contributed by atoms with Crippen molar-refractivity contribution in [1.82, 2.24) is 0 Å². The zero-order valence-electron chi connectivity index (χ0n) is 24.2. The second-order valence-corrected chi connectivity index (χ2v) is 11.1. The number of amides is 1. The van der Waals surface area contributed by atoms with Gasteiger partial charge in [0.1, 0.15) is 30.6 Å². The van der Waals surface area contributed by atoms with Crippen molar-refractivity contribution in [2.24, 2.45) is 0 Å². The fraction of sp³-hybridized carbons (Fsp3) is 0.111. The van der Waals surface area contributed by atoms with E-state index in [2.05, 4.69) is 5.32 Å². The summed E-state index contributed by atoms with van der Waals surface area (Å²) in [6.07, 6.45) is 1.45. The number of fused-ring (bicyclic) bond motifs is 1. The van der Waals surface area contributed by atoms with E-state index in [4.69, 9.17) is 49.0 Å². The van der Waals surface area contributed by atoms with Crippen molar-refractivity contribution in [3.8, 4) is 23.3 Å². The highest BCUT2D eigenvalue weighted by Crippen LogP contribution is 2.38. The molecule has 0 aromatic heterocycles. The molecule has 0 saturated heterocycles. The number of ether oxygens (including phenoxy) is 3. The van der Waals surface area contributed by atoms with Crippen LogP contribution in [0.1, 0.15) is 23.6 Å². The maximum Gasteiger partial charge on any atom is 0.266 e. The van der Waals surface area contributed by atoms with Crippen molar-refractivity contribution >= 4 is 63.2 Å². The summed E-state index contributed by atoms with van der Waals surface area (Å²) >= 11 is 18.8. The molecule has 5 aromatic rings. The van der Waals surface area contributed by atoms with Gasteiger partial charge < -0.3 is 19.5 Å². The quantitative estimate of drug-likeness (QED) is 0.113. The molecule has 0 radical (unpaired) electrons. The van der Waals surface area contributed by atoms with Crippen LogP contribution in [0.25, 0.3) is 16.8 Å². The molecule has 0 aliphatic heterocycles. The van der Waals surface area contributed by atoms with E-state index >= 15 is 0 Å². The molecule has 0 unspecified atom stereocenters. The van der Waals surface area contributed by atoms with Gasteiger partial charge in [-0.1, -0.05) is 83.3 Å². The van der Waals surface area contributed by atoms with Crippen molar-refractivity contribution < 1.29 is 19.0 Å². The van der Waals surface area contributed by atoms with Crippen LogP contribution in [0.15, 0.2) is 103 Å². The number of halogens is 3. The van der Waals surface area contributed by atoms with E-state index in [-0.39, 0.29) is 18.8 Å². The van der Waals surface area contributed by atoms with Gasteiger partial charge in [0.15, 0.2) is 11.5 Å². The van der Waals surface area contributed by atoms with E-state index in [9.17, 15) is 10.1 Å². The first-order valence-corrected chi connectivity index (χ1v) is 15.1. The number of nitrogens with one attached hydrogen (secondary N) is 1. The van der Waals surface area contributed by atoms with Crippen LogP contribution in [0, 0.1) is 11.3 Å². The van der Waals surface area contributed by atoms with Crippen molar-refractivity contribution in [2.45, 2.75) is 20.1 Å². The summed E-state index contributed by atoms with van der Waals surface area (Å²) in [5.74, 6) is 0.789. The van der Waals surface area contributed by atoms with Crippen LogP contribution in [0.4, 0.5) is 5.69 Å². The lowest BCUT2D eigenvalue weighted by Gasteiger charge is -2.15. The third-order valence-corrected chi connectivity index (χ3v) is 7.65. The number of carbonyl (C=O) groups excluding carboxylic acids is 1. The molecule has 0 atom stereocenters. The zero-order chi connectivity index (χ0) is 31.8. The molecule has 5 aromatic carbocycles. The Morgan fingerprint density at radius 2 is 1.58 bits per heavy atom. The zero-order valence-corrected chi connectivity index (χ0v) is 26.4. The fourth-order valence-electron chi connectivity index (χ4n) is 4.59. The van der Waals surface area contributed by atoms with Gasteiger partial charge >= 0.3 is 0 Å². The number of benzene rings is 5. The van der Waals surface area contributed by atoms with Gasteiger partial charge in [0.2, 0.25) is 0 Å². The Balaban J connectivity index is 1.27. The molecule has 0 fully saturated rings. The predicted molar refractivity (Wildman–Crippen MR) is 180 cm³/mol. The molecule has 0 aliphatic carbocycles. The highest BCUT2D eigenvalue weighted by molar-refractivity contribution is 6.35. The molecule has 5 rings (SSSR count). The highest BCUT2D eigenvalue weighted by atomic mass is 35.5. The third kappa shape index (κ3) is 8.09. The van der Waals surface area contributed by atoms with Crippen LogP contribution >= 0.6 is 34.8 Å². The topological polar surface area (TPSA) is 80.6 Å². The molecule has 45 heavy (non-hydrogen) atoms. The predicted octanol–water partition coefficient (Wildman–Crippen LogP) is 9.90. The molecule has 9 heteroatoms. The van der Waals surface area contributed by atoms with E-state index in [0.29, 0.717) is 50.2 Å². The monoisotopic (exact) mass is 656 g/mol. The molecule has 226 valence electrons. The lowest BCUT2D eigenvalue weighted by Crippen LogP contribution is -2.13. The fourth-order valence-corrected chi connectivity index (χ4v) is 5.33. The minimum absolute atomic E-state index is 0.115. The van der Waals surface area contributed by atoms with Crippen molar-refractivity contribution in [3.05, 3.63) is 134 Å². The summed E-state index contributed by atoms with van der Waals surface area (Å²) in [5, 5.41) is 16.1. The molecule has 0 heterocycles. The van der Waals surface area contributed by atoms with Crippen LogP contribution < -0.4 is 19.5 Å². The number of hydrogen-bond acceptors (Lipinski definition) is 5. The molecule has 0 aliphatic rings. The lowest BCUT2D eigenvalue weighted by molar-refractivity contribution is -0.112. The first kappa shape index (κ1) is 31.7. The van der Waals surface area contributed by atoms with Crippen molar-refractivity contribution in [2.75, 3.05) is 11.9 Å². The number of carbonyl (C=O) groups is 1.